The topological polar surface area (TPSA) is 50.4 Å². The first-order chi connectivity index (χ1) is 9.42. The van der Waals surface area contributed by atoms with Crippen molar-refractivity contribution in [2.45, 2.75) is 19.7 Å². The van der Waals surface area contributed by atoms with Gasteiger partial charge in [0.2, 0.25) is 0 Å². The summed E-state index contributed by atoms with van der Waals surface area (Å²) in [4.78, 5) is 11.7. The highest BCUT2D eigenvalue weighted by atomic mass is 19.4. The summed E-state index contributed by atoms with van der Waals surface area (Å²) in [6.07, 6.45) is -3.72. The summed E-state index contributed by atoms with van der Waals surface area (Å²) in [5.74, 6) is -0.680. The summed E-state index contributed by atoms with van der Waals surface area (Å²) in [5, 5.41) is 5.78. The Bertz CT molecular complexity index is 419. The van der Waals surface area contributed by atoms with Gasteiger partial charge in [-0.1, -0.05) is 6.92 Å². The number of carbonyl (C=O) groups excluding carboxylic acids is 1. The van der Waals surface area contributed by atoms with Crippen LogP contribution >= 0.6 is 0 Å². The lowest BCUT2D eigenvalue weighted by Crippen LogP contribution is -2.32. The smallest absolute Gasteiger partial charge is 0.406 e. The molecule has 1 aromatic carbocycles. The first-order valence-corrected chi connectivity index (χ1v) is 6.27. The number of rotatable bonds is 7. The maximum Gasteiger partial charge on any atom is 0.573 e. The van der Waals surface area contributed by atoms with E-state index in [4.69, 9.17) is 0 Å². The second-order valence-electron chi connectivity index (χ2n) is 4.08. The van der Waals surface area contributed by atoms with E-state index in [9.17, 15) is 18.0 Å². The van der Waals surface area contributed by atoms with Crippen LogP contribution in [0.5, 0.6) is 5.75 Å². The van der Waals surface area contributed by atoms with Gasteiger partial charge in [0.1, 0.15) is 5.75 Å². The molecule has 1 rings (SSSR count). The van der Waals surface area contributed by atoms with E-state index in [0.29, 0.717) is 13.1 Å². The van der Waals surface area contributed by atoms with Crippen LogP contribution in [0.25, 0.3) is 0 Å². The normalized spacial score (nSPS) is 11.2. The van der Waals surface area contributed by atoms with Gasteiger partial charge < -0.3 is 15.4 Å². The molecule has 7 heteroatoms. The molecular formula is C13H17F3N2O2. The van der Waals surface area contributed by atoms with Crippen LogP contribution in [-0.2, 0) is 0 Å². The van der Waals surface area contributed by atoms with Gasteiger partial charge in [-0.3, -0.25) is 4.79 Å². The quantitative estimate of drug-likeness (QED) is 0.758. The van der Waals surface area contributed by atoms with Crippen molar-refractivity contribution in [3.63, 3.8) is 0 Å². The molecule has 112 valence electrons. The lowest BCUT2D eigenvalue weighted by molar-refractivity contribution is -0.274. The highest BCUT2D eigenvalue weighted by molar-refractivity contribution is 5.94. The number of ether oxygens (including phenoxy) is 1. The van der Waals surface area contributed by atoms with E-state index in [0.717, 1.165) is 25.1 Å². The van der Waals surface area contributed by atoms with E-state index in [1.54, 1.807) is 0 Å². The molecule has 2 N–H and O–H groups in total. The number of benzene rings is 1. The van der Waals surface area contributed by atoms with Gasteiger partial charge in [0, 0.05) is 18.7 Å². The average molecular weight is 290 g/mol. The molecule has 0 aliphatic carbocycles. The number of nitrogens with one attached hydrogen (secondary N) is 2. The molecule has 0 saturated heterocycles. The number of carbonyl (C=O) groups is 1. The lowest BCUT2D eigenvalue weighted by Gasteiger charge is -2.09. The van der Waals surface area contributed by atoms with E-state index >= 15 is 0 Å². The fourth-order valence-electron chi connectivity index (χ4n) is 1.48. The Labute approximate surface area is 115 Å². The Morgan fingerprint density at radius 3 is 2.35 bits per heavy atom. The Kier molecular flexibility index (Phi) is 6.30. The minimum Gasteiger partial charge on any atom is -0.406 e. The van der Waals surface area contributed by atoms with Crippen LogP contribution in [0.4, 0.5) is 13.2 Å². The summed E-state index contributed by atoms with van der Waals surface area (Å²) in [5.41, 5.74) is 0.287. The number of amides is 1. The molecule has 0 bridgehead atoms. The van der Waals surface area contributed by atoms with Crippen molar-refractivity contribution in [3.05, 3.63) is 29.8 Å². The lowest BCUT2D eigenvalue weighted by atomic mass is 10.2. The monoisotopic (exact) mass is 290 g/mol. The second kappa shape index (κ2) is 7.74. The fraction of sp³-hybridized carbons (Fsp3) is 0.462. The number of hydrogen-bond acceptors (Lipinski definition) is 3. The zero-order chi connectivity index (χ0) is 15.0. The van der Waals surface area contributed by atoms with Crippen LogP contribution in [0, 0.1) is 0 Å². The summed E-state index contributed by atoms with van der Waals surface area (Å²) in [6.45, 7) is 4.02. The molecule has 20 heavy (non-hydrogen) atoms. The van der Waals surface area contributed by atoms with Crippen molar-refractivity contribution in [2.24, 2.45) is 0 Å². The van der Waals surface area contributed by atoms with E-state index in [2.05, 4.69) is 15.4 Å². The first kappa shape index (κ1) is 16.3. The molecule has 0 fully saturated rings. The zero-order valence-corrected chi connectivity index (χ0v) is 11.1. The highest BCUT2D eigenvalue weighted by Gasteiger charge is 2.31. The van der Waals surface area contributed by atoms with Crippen LogP contribution in [0.1, 0.15) is 23.7 Å². The summed E-state index contributed by atoms with van der Waals surface area (Å²) >= 11 is 0. The second-order valence-corrected chi connectivity index (χ2v) is 4.08. The largest absolute Gasteiger partial charge is 0.573 e. The fourth-order valence-corrected chi connectivity index (χ4v) is 1.48. The number of alkyl halides is 3. The maximum atomic E-state index is 12.0. The third-order valence-electron chi connectivity index (χ3n) is 2.36. The third kappa shape index (κ3) is 6.42. The number of hydrogen-bond donors (Lipinski definition) is 2. The minimum atomic E-state index is -4.73. The molecular weight excluding hydrogens is 273 g/mol. The molecule has 0 spiro atoms. The van der Waals surface area contributed by atoms with Crippen LogP contribution < -0.4 is 15.4 Å². The first-order valence-electron chi connectivity index (χ1n) is 6.27. The predicted molar refractivity (Wildman–Crippen MR) is 68.6 cm³/mol. The van der Waals surface area contributed by atoms with Crippen LogP contribution in [0.3, 0.4) is 0 Å². The maximum absolute atomic E-state index is 12.0. The van der Waals surface area contributed by atoms with Gasteiger partial charge in [-0.25, -0.2) is 0 Å². The molecule has 0 aliphatic rings. The Hall–Kier alpha value is -1.76. The highest BCUT2D eigenvalue weighted by Crippen LogP contribution is 2.22. The van der Waals surface area contributed by atoms with Gasteiger partial charge in [-0.2, -0.15) is 0 Å². The van der Waals surface area contributed by atoms with Gasteiger partial charge >= 0.3 is 6.36 Å². The van der Waals surface area contributed by atoms with E-state index in [-0.39, 0.29) is 17.2 Å². The van der Waals surface area contributed by atoms with Crippen molar-refractivity contribution < 1.29 is 22.7 Å². The van der Waals surface area contributed by atoms with Gasteiger partial charge in [-0.05, 0) is 37.2 Å². The van der Waals surface area contributed by atoms with E-state index < -0.39 is 6.36 Å². The van der Waals surface area contributed by atoms with Gasteiger partial charge in [-0.15, -0.1) is 13.2 Å². The van der Waals surface area contributed by atoms with Crippen LogP contribution in [-0.4, -0.2) is 31.9 Å². The molecule has 4 nitrogen and oxygen atoms in total. The minimum absolute atomic E-state index is 0.287. The molecule has 1 aromatic rings. The third-order valence-corrected chi connectivity index (χ3v) is 2.36. The SMILES string of the molecule is CCCNCCNC(=O)c1ccc(OC(F)(F)F)cc1. The van der Waals surface area contributed by atoms with E-state index in [1.165, 1.54) is 12.1 Å². The van der Waals surface area contributed by atoms with Crippen molar-refractivity contribution in [1.82, 2.24) is 10.6 Å². The average Bonchev–Trinajstić information content (AvgIpc) is 2.37. The van der Waals surface area contributed by atoms with Crippen LogP contribution in [0.15, 0.2) is 24.3 Å². The van der Waals surface area contributed by atoms with Gasteiger partial charge in [0.15, 0.2) is 0 Å². The predicted octanol–water partition coefficient (Wildman–Crippen LogP) is 2.31. The summed E-state index contributed by atoms with van der Waals surface area (Å²) in [7, 11) is 0. The molecule has 0 unspecified atom stereocenters. The van der Waals surface area contributed by atoms with Crippen molar-refractivity contribution in [3.8, 4) is 5.75 Å². The molecule has 0 saturated carbocycles. The number of halogens is 3. The Morgan fingerprint density at radius 1 is 1.15 bits per heavy atom. The van der Waals surface area contributed by atoms with Crippen molar-refractivity contribution in [1.29, 1.82) is 0 Å². The van der Waals surface area contributed by atoms with Crippen LogP contribution in [0.2, 0.25) is 0 Å². The molecule has 1 amide bonds. The molecule has 0 atom stereocenters. The van der Waals surface area contributed by atoms with Crippen molar-refractivity contribution >= 4 is 5.91 Å². The van der Waals surface area contributed by atoms with E-state index in [1.807, 2.05) is 6.92 Å². The standard InChI is InChI=1S/C13H17F3N2O2/c1-2-7-17-8-9-18-12(19)10-3-5-11(6-4-10)20-13(14,15)16/h3-6,17H,2,7-9H2,1H3,(H,18,19). The molecule has 0 radical (unpaired) electrons. The summed E-state index contributed by atoms with van der Waals surface area (Å²) in [6, 6.07) is 4.79. The summed E-state index contributed by atoms with van der Waals surface area (Å²) < 4.78 is 39.6. The Balaban J connectivity index is 2.41. The Morgan fingerprint density at radius 2 is 1.80 bits per heavy atom. The zero-order valence-electron chi connectivity index (χ0n) is 11.1. The van der Waals surface area contributed by atoms with Gasteiger partial charge in [0.05, 0.1) is 0 Å². The van der Waals surface area contributed by atoms with Crippen molar-refractivity contribution in [2.75, 3.05) is 19.6 Å². The molecule has 0 aliphatic heterocycles. The molecule has 0 aromatic heterocycles. The molecule has 0 heterocycles. The van der Waals surface area contributed by atoms with Gasteiger partial charge in [0.25, 0.3) is 5.91 Å².